The molecule has 1 aromatic rings. The molecule has 68 valence electrons. The summed E-state index contributed by atoms with van der Waals surface area (Å²) in [6.07, 6.45) is 0.227. The third-order valence-electron chi connectivity index (χ3n) is 1.79. The highest BCUT2D eigenvalue weighted by Gasteiger charge is 2.35. The molecule has 0 fully saturated rings. The number of hydrogen-bond donors (Lipinski definition) is 2. The summed E-state index contributed by atoms with van der Waals surface area (Å²) in [5.41, 5.74) is 3.74. The van der Waals surface area contributed by atoms with E-state index < -0.39 is 11.5 Å². The normalized spacial score (nSPS) is 14.5. The van der Waals surface area contributed by atoms with E-state index in [-0.39, 0.29) is 11.8 Å². The Morgan fingerprint density at radius 2 is 1.92 bits per heavy atom. The molecule has 0 aromatic heterocycles. The Morgan fingerprint density at radius 3 is 2.31 bits per heavy atom. The maximum Gasteiger partial charge on any atom is 0.335 e. The molecule has 0 aliphatic rings. The Morgan fingerprint density at radius 1 is 1.38 bits per heavy atom. The van der Waals surface area contributed by atoms with Crippen LogP contribution in [0.2, 0.25) is 0 Å². The van der Waals surface area contributed by atoms with Crippen molar-refractivity contribution >= 4 is 12.3 Å². The quantitative estimate of drug-likeness (QED) is 0.510. The lowest BCUT2D eigenvalue weighted by Gasteiger charge is -2.17. The maximum absolute atomic E-state index is 10.7. The van der Waals surface area contributed by atoms with E-state index in [9.17, 15) is 9.59 Å². The Balaban J connectivity index is 3.18. The zero-order valence-electron chi connectivity index (χ0n) is 6.81. The van der Waals surface area contributed by atoms with Crippen LogP contribution < -0.4 is 5.73 Å². The summed E-state index contributed by atoms with van der Waals surface area (Å²) in [6, 6.07) is 7.98. The first kappa shape index (κ1) is 9.41. The molecule has 0 heterocycles. The minimum Gasteiger partial charge on any atom is -0.479 e. The molecule has 13 heavy (non-hydrogen) atoms. The van der Waals surface area contributed by atoms with Gasteiger partial charge >= 0.3 is 5.97 Å². The predicted octanol–water partition coefficient (Wildman–Crippen LogP) is 0.124. The fourth-order valence-corrected chi connectivity index (χ4v) is 0.956. The summed E-state index contributed by atoms with van der Waals surface area (Å²) in [6.45, 7) is 0. The van der Waals surface area contributed by atoms with Crippen LogP contribution in [-0.2, 0) is 15.1 Å². The van der Waals surface area contributed by atoms with Crippen molar-refractivity contribution in [1.82, 2.24) is 0 Å². The lowest BCUT2D eigenvalue weighted by Crippen LogP contribution is -2.46. The molecule has 0 radical (unpaired) electrons. The molecule has 3 N–H and O–H groups in total. The summed E-state index contributed by atoms with van der Waals surface area (Å²) in [5.74, 6) is -1.35. The maximum atomic E-state index is 10.7. The fourth-order valence-electron chi connectivity index (χ4n) is 0.956. The van der Waals surface area contributed by atoms with Crippen molar-refractivity contribution in [3.8, 4) is 0 Å². The highest BCUT2D eigenvalue weighted by atomic mass is 16.4. The molecule has 0 saturated carbocycles. The molecule has 0 aliphatic carbocycles. The van der Waals surface area contributed by atoms with E-state index in [2.05, 4.69) is 0 Å². The lowest BCUT2D eigenvalue weighted by molar-refractivity contribution is -0.145. The van der Waals surface area contributed by atoms with Crippen LogP contribution in [0.3, 0.4) is 0 Å². The molecule has 0 spiro atoms. The highest BCUT2D eigenvalue weighted by molar-refractivity contribution is 5.97. The molecule has 0 bridgehead atoms. The second-order valence-corrected chi connectivity index (χ2v) is 2.66. The summed E-state index contributed by atoms with van der Waals surface area (Å²) < 4.78 is 0. The van der Waals surface area contributed by atoms with Crippen LogP contribution >= 0.6 is 0 Å². The van der Waals surface area contributed by atoms with Gasteiger partial charge < -0.3 is 15.6 Å². The van der Waals surface area contributed by atoms with Gasteiger partial charge in [0.05, 0.1) is 0 Å². The summed E-state index contributed by atoms with van der Waals surface area (Å²) in [4.78, 5) is 21.3. The van der Waals surface area contributed by atoms with Gasteiger partial charge in [0.2, 0.25) is 0 Å². The van der Waals surface area contributed by atoms with Crippen molar-refractivity contribution in [2.45, 2.75) is 5.54 Å². The minimum absolute atomic E-state index is 0.227. The van der Waals surface area contributed by atoms with Crippen molar-refractivity contribution in [1.29, 1.82) is 0 Å². The number of aldehydes is 1. The molecular formula is C9H9NO3. The molecule has 0 saturated heterocycles. The smallest absolute Gasteiger partial charge is 0.335 e. The number of aliphatic carboxylic acids is 1. The summed E-state index contributed by atoms with van der Waals surface area (Å²) in [5, 5.41) is 8.73. The fraction of sp³-hybridized carbons (Fsp3) is 0.111. The van der Waals surface area contributed by atoms with Gasteiger partial charge in [-0.2, -0.15) is 0 Å². The third-order valence-corrected chi connectivity index (χ3v) is 1.79. The minimum atomic E-state index is -1.93. The Hall–Kier alpha value is -1.68. The first-order valence-electron chi connectivity index (χ1n) is 3.65. The molecule has 1 atom stereocenters. The zero-order valence-corrected chi connectivity index (χ0v) is 6.81. The van der Waals surface area contributed by atoms with Crippen molar-refractivity contribution in [3.05, 3.63) is 35.9 Å². The van der Waals surface area contributed by atoms with Crippen molar-refractivity contribution in [3.63, 3.8) is 0 Å². The molecule has 4 nitrogen and oxygen atoms in total. The van der Waals surface area contributed by atoms with E-state index in [0.29, 0.717) is 0 Å². The average molecular weight is 179 g/mol. The number of carboxylic acids is 1. The van der Waals surface area contributed by atoms with Crippen LogP contribution in [0, 0.1) is 0 Å². The Bertz CT molecular complexity index is 323. The number of rotatable bonds is 3. The Kier molecular flexibility index (Phi) is 2.44. The molecule has 0 amide bonds. The first-order chi connectivity index (χ1) is 6.11. The van der Waals surface area contributed by atoms with Crippen LogP contribution in [0.4, 0.5) is 0 Å². The average Bonchev–Trinajstić information content (AvgIpc) is 2.17. The molecule has 1 rings (SSSR count). The van der Waals surface area contributed by atoms with Crippen molar-refractivity contribution < 1.29 is 14.7 Å². The number of nitrogens with two attached hydrogens (primary N) is 1. The van der Waals surface area contributed by atoms with Gasteiger partial charge in [-0.05, 0) is 5.56 Å². The van der Waals surface area contributed by atoms with E-state index in [1.165, 1.54) is 12.1 Å². The van der Waals surface area contributed by atoms with Gasteiger partial charge in [-0.25, -0.2) is 4.79 Å². The topological polar surface area (TPSA) is 80.4 Å². The predicted molar refractivity (Wildman–Crippen MR) is 46.0 cm³/mol. The van der Waals surface area contributed by atoms with Crippen LogP contribution in [0.25, 0.3) is 0 Å². The first-order valence-corrected chi connectivity index (χ1v) is 3.65. The second kappa shape index (κ2) is 3.37. The van der Waals surface area contributed by atoms with E-state index in [1.54, 1.807) is 18.2 Å². The van der Waals surface area contributed by atoms with Crippen molar-refractivity contribution in [2.24, 2.45) is 5.73 Å². The Labute approximate surface area is 75.0 Å². The monoisotopic (exact) mass is 179 g/mol. The second-order valence-electron chi connectivity index (χ2n) is 2.66. The van der Waals surface area contributed by atoms with Gasteiger partial charge in [0.15, 0.2) is 11.8 Å². The van der Waals surface area contributed by atoms with Gasteiger partial charge in [-0.15, -0.1) is 0 Å². The number of benzene rings is 1. The van der Waals surface area contributed by atoms with Crippen LogP contribution in [0.15, 0.2) is 30.3 Å². The SMILES string of the molecule is NC(C=O)(C(=O)O)c1ccccc1. The van der Waals surface area contributed by atoms with E-state index >= 15 is 0 Å². The third kappa shape index (κ3) is 1.57. The van der Waals surface area contributed by atoms with Gasteiger partial charge in [-0.3, -0.25) is 0 Å². The lowest BCUT2D eigenvalue weighted by atomic mass is 9.93. The number of hydrogen-bond acceptors (Lipinski definition) is 3. The van der Waals surface area contributed by atoms with Gasteiger partial charge in [0.1, 0.15) is 0 Å². The largest absolute Gasteiger partial charge is 0.479 e. The summed E-state index contributed by atoms with van der Waals surface area (Å²) >= 11 is 0. The molecule has 0 aliphatic heterocycles. The van der Waals surface area contributed by atoms with Gasteiger partial charge in [0.25, 0.3) is 0 Å². The standard InChI is InChI=1S/C9H9NO3/c10-9(6-11,8(12)13)7-4-2-1-3-5-7/h1-6H,10H2,(H,12,13). The molecular weight excluding hydrogens is 170 g/mol. The van der Waals surface area contributed by atoms with Crippen LogP contribution in [-0.4, -0.2) is 17.4 Å². The van der Waals surface area contributed by atoms with E-state index in [0.717, 1.165) is 0 Å². The van der Waals surface area contributed by atoms with E-state index in [4.69, 9.17) is 10.8 Å². The van der Waals surface area contributed by atoms with Crippen LogP contribution in [0.1, 0.15) is 5.56 Å². The van der Waals surface area contributed by atoms with E-state index in [1.807, 2.05) is 0 Å². The van der Waals surface area contributed by atoms with Gasteiger partial charge in [-0.1, -0.05) is 30.3 Å². The van der Waals surface area contributed by atoms with Gasteiger partial charge in [0, 0.05) is 0 Å². The number of carbonyl (C=O) groups is 2. The van der Waals surface area contributed by atoms with Crippen molar-refractivity contribution in [2.75, 3.05) is 0 Å². The summed E-state index contributed by atoms with van der Waals surface area (Å²) in [7, 11) is 0. The molecule has 4 heteroatoms. The van der Waals surface area contributed by atoms with Crippen LogP contribution in [0.5, 0.6) is 0 Å². The molecule has 1 unspecified atom stereocenters. The number of carboxylic acid groups (broad SMARTS) is 1. The molecule has 1 aromatic carbocycles. The number of carbonyl (C=O) groups excluding carboxylic acids is 1. The zero-order chi connectivity index (χ0) is 9.90. The highest BCUT2D eigenvalue weighted by Crippen LogP contribution is 2.15.